The number of rotatable bonds is 7. The molecule has 8 aromatic rings. The summed E-state index contributed by atoms with van der Waals surface area (Å²) in [6, 6.07) is 58.2. The number of nitrogens with zero attached hydrogens (tertiary/aromatic N) is 1. The standard InChI is InChI=1S/C57H53NS/c1-57(2)53-37-46(27-30-49(53)51-25-15-24-48(56(51)57)41-22-13-6-14-23-41)58(47-33-43(39-18-9-4-10-19-39)32-44(34-47)40-20-11-5-12-21-40)45-28-31-54-52(36-45)50-29-26-42(35-55(50)59-54)38-16-7-3-8-17-38/h3,6-8,13-17,22-37,39-40H,4-5,9-12,18-21H2,1-2H3. The number of thiophene rings is 1. The Hall–Kier alpha value is -5.44. The Kier molecular flexibility index (Phi) is 9.30. The Morgan fingerprint density at radius 1 is 0.441 bits per heavy atom. The Bertz CT molecular complexity index is 2780. The predicted molar refractivity (Wildman–Crippen MR) is 254 cm³/mol. The zero-order valence-corrected chi connectivity index (χ0v) is 35.3. The summed E-state index contributed by atoms with van der Waals surface area (Å²) in [4.78, 5) is 2.62. The van der Waals surface area contributed by atoms with Gasteiger partial charge in [-0.3, -0.25) is 0 Å². The van der Waals surface area contributed by atoms with Crippen molar-refractivity contribution in [2.24, 2.45) is 0 Å². The zero-order valence-electron chi connectivity index (χ0n) is 34.5. The third kappa shape index (κ3) is 6.52. The number of fused-ring (bicyclic) bond motifs is 6. The molecule has 2 saturated carbocycles. The monoisotopic (exact) mass is 783 g/mol. The summed E-state index contributed by atoms with van der Waals surface area (Å²) < 4.78 is 2.68. The van der Waals surface area contributed by atoms with Crippen molar-refractivity contribution in [3.63, 3.8) is 0 Å². The normalized spacial score (nSPS) is 16.6. The van der Waals surface area contributed by atoms with Crippen molar-refractivity contribution in [1.29, 1.82) is 0 Å². The van der Waals surface area contributed by atoms with Crippen molar-refractivity contribution in [3.8, 4) is 33.4 Å². The van der Waals surface area contributed by atoms with Gasteiger partial charge in [0.05, 0.1) is 0 Å². The summed E-state index contributed by atoms with van der Waals surface area (Å²) in [6.45, 7) is 4.88. The smallest absolute Gasteiger partial charge is 0.0468 e. The molecule has 2 heteroatoms. The van der Waals surface area contributed by atoms with Crippen LogP contribution in [0.3, 0.4) is 0 Å². The van der Waals surface area contributed by atoms with E-state index in [1.54, 1.807) is 11.1 Å². The third-order valence-electron chi connectivity index (χ3n) is 14.2. The molecule has 3 aliphatic rings. The molecular formula is C57H53NS. The van der Waals surface area contributed by atoms with Crippen LogP contribution in [0.25, 0.3) is 53.6 Å². The van der Waals surface area contributed by atoms with E-state index < -0.39 is 0 Å². The lowest BCUT2D eigenvalue weighted by atomic mass is 9.78. The largest absolute Gasteiger partial charge is 0.310 e. The van der Waals surface area contributed by atoms with Crippen LogP contribution in [-0.4, -0.2) is 0 Å². The van der Waals surface area contributed by atoms with Crippen LogP contribution in [0, 0.1) is 0 Å². The summed E-state index contributed by atoms with van der Waals surface area (Å²) in [5.41, 5.74) is 17.5. The molecule has 59 heavy (non-hydrogen) atoms. The Balaban J connectivity index is 1.10. The first-order chi connectivity index (χ1) is 29.0. The second kappa shape index (κ2) is 15.0. The lowest BCUT2D eigenvalue weighted by Gasteiger charge is -2.32. The second-order valence-corrected chi connectivity index (χ2v) is 19.3. The van der Waals surface area contributed by atoms with Crippen molar-refractivity contribution in [2.45, 2.75) is 95.3 Å². The molecule has 0 bridgehead atoms. The van der Waals surface area contributed by atoms with E-state index in [9.17, 15) is 0 Å². The molecule has 1 aromatic heterocycles. The van der Waals surface area contributed by atoms with Gasteiger partial charge in [0, 0.05) is 42.6 Å². The maximum Gasteiger partial charge on any atom is 0.0468 e. The first-order valence-corrected chi connectivity index (χ1v) is 23.1. The van der Waals surface area contributed by atoms with Crippen LogP contribution in [0.4, 0.5) is 17.1 Å². The van der Waals surface area contributed by atoms with Gasteiger partial charge in [-0.2, -0.15) is 0 Å². The SMILES string of the molecule is CC1(C)c2cc(N(c3cc(C4CCCCC4)cc(C4CCCCC4)c3)c3ccc4sc5cc(-c6ccccc6)ccc5c4c3)ccc2-c2cccc(-c3ccccc3)c21. The van der Waals surface area contributed by atoms with E-state index in [0.29, 0.717) is 11.8 Å². The van der Waals surface area contributed by atoms with Crippen molar-refractivity contribution in [1.82, 2.24) is 0 Å². The molecule has 0 spiro atoms. The maximum atomic E-state index is 2.64. The molecular weight excluding hydrogens is 731 g/mol. The molecule has 0 aliphatic heterocycles. The molecule has 292 valence electrons. The van der Waals surface area contributed by atoms with Gasteiger partial charge < -0.3 is 4.90 Å². The van der Waals surface area contributed by atoms with Crippen LogP contribution in [0.5, 0.6) is 0 Å². The zero-order chi connectivity index (χ0) is 39.5. The summed E-state index contributed by atoms with van der Waals surface area (Å²) in [5.74, 6) is 1.28. The molecule has 0 N–H and O–H groups in total. The summed E-state index contributed by atoms with van der Waals surface area (Å²) in [6.07, 6.45) is 13.3. The average Bonchev–Trinajstić information content (AvgIpc) is 3.78. The molecule has 3 aliphatic carbocycles. The van der Waals surface area contributed by atoms with E-state index in [-0.39, 0.29) is 5.41 Å². The van der Waals surface area contributed by atoms with Crippen molar-refractivity contribution >= 4 is 48.6 Å². The molecule has 0 saturated heterocycles. The van der Waals surface area contributed by atoms with Gasteiger partial charge in [-0.15, -0.1) is 11.3 Å². The first-order valence-electron chi connectivity index (χ1n) is 22.3. The Morgan fingerprint density at radius 2 is 1.07 bits per heavy atom. The Labute approximate surface area is 354 Å². The first kappa shape index (κ1) is 36.6. The topological polar surface area (TPSA) is 3.24 Å². The number of anilines is 3. The molecule has 7 aromatic carbocycles. The second-order valence-electron chi connectivity index (χ2n) is 18.2. The fraction of sp³-hybridized carbons (Fsp3) is 0.263. The minimum Gasteiger partial charge on any atom is -0.310 e. The van der Waals surface area contributed by atoms with Gasteiger partial charge in [0.2, 0.25) is 0 Å². The average molecular weight is 784 g/mol. The van der Waals surface area contributed by atoms with Gasteiger partial charge >= 0.3 is 0 Å². The van der Waals surface area contributed by atoms with Gasteiger partial charge in [-0.05, 0) is 142 Å². The quantitative estimate of drug-likeness (QED) is 0.156. The minimum atomic E-state index is -0.167. The minimum absolute atomic E-state index is 0.167. The van der Waals surface area contributed by atoms with Crippen LogP contribution in [0.2, 0.25) is 0 Å². The van der Waals surface area contributed by atoms with E-state index in [1.807, 2.05) is 11.3 Å². The lowest BCUT2D eigenvalue weighted by molar-refractivity contribution is 0.435. The van der Waals surface area contributed by atoms with Gasteiger partial charge in [-0.1, -0.05) is 156 Å². The van der Waals surface area contributed by atoms with Gasteiger partial charge in [0.1, 0.15) is 0 Å². The number of benzene rings is 7. The summed E-state index contributed by atoms with van der Waals surface area (Å²) in [5, 5.41) is 2.67. The molecule has 1 heterocycles. The van der Waals surface area contributed by atoms with Crippen LogP contribution < -0.4 is 4.90 Å². The molecule has 0 radical (unpaired) electrons. The van der Waals surface area contributed by atoms with E-state index in [2.05, 4.69) is 170 Å². The summed E-state index contributed by atoms with van der Waals surface area (Å²) >= 11 is 1.91. The van der Waals surface area contributed by atoms with E-state index in [0.717, 1.165) is 0 Å². The van der Waals surface area contributed by atoms with E-state index in [4.69, 9.17) is 0 Å². The van der Waals surface area contributed by atoms with Crippen molar-refractivity contribution in [3.05, 3.63) is 174 Å². The fourth-order valence-electron chi connectivity index (χ4n) is 11.2. The maximum absolute atomic E-state index is 2.64. The molecule has 2 fully saturated rings. The molecule has 0 atom stereocenters. The highest BCUT2D eigenvalue weighted by atomic mass is 32.1. The van der Waals surface area contributed by atoms with Gasteiger partial charge in [0.15, 0.2) is 0 Å². The number of hydrogen-bond acceptors (Lipinski definition) is 2. The van der Waals surface area contributed by atoms with Crippen LogP contribution in [0.15, 0.2) is 152 Å². The van der Waals surface area contributed by atoms with E-state index in [1.165, 1.54) is 146 Å². The van der Waals surface area contributed by atoms with E-state index >= 15 is 0 Å². The lowest BCUT2D eigenvalue weighted by Crippen LogP contribution is -2.18. The molecule has 0 unspecified atom stereocenters. The third-order valence-corrected chi connectivity index (χ3v) is 15.3. The van der Waals surface area contributed by atoms with Gasteiger partial charge in [-0.25, -0.2) is 0 Å². The van der Waals surface area contributed by atoms with Gasteiger partial charge in [0.25, 0.3) is 0 Å². The molecule has 0 amide bonds. The highest BCUT2D eigenvalue weighted by molar-refractivity contribution is 7.25. The van der Waals surface area contributed by atoms with Crippen molar-refractivity contribution in [2.75, 3.05) is 4.90 Å². The summed E-state index contributed by atoms with van der Waals surface area (Å²) in [7, 11) is 0. The van der Waals surface area contributed by atoms with Crippen LogP contribution >= 0.6 is 11.3 Å². The van der Waals surface area contributed by atoms with Crippen LogP contribution in [0.1, 0.15) is 112 Å². The fourth-order valence-corrected chi connectivity index (χ4v) is 12.3. The van der Waals surface area contributed by atoms with Crippen molar-refractivity contribution < 1.29 is 0 Å². The predicted octanol–water partition coefficient (Wildman–Crippen LogP) is 17.3. The Morgan fingerprint density at radius 3 is 1.76 bits per heavy atom. The number of hydrogen-bond donors (Lipinski definition) is 0. The highest BCUT2D eigenvalue weighted by Gasteiger charge is 2.38. The highest BCUT2D eigenvalue weighted by Crippen LogP contribution is 2.54. The van der Waals surface area contributed by atoms with Crippen LogP contribution in [-0.2, 0) is 5.41 Å². The molecule has 11 rings (SSSR count). The molecule has 1 nitrogen and oxygen atoms in total.